The van der Waals surface area contributed by atoms with Gasteiger partial charge in [-0.05, 0) is 49.2 Å². The Bertz CT molecular complexity index is 1920. The Labute approximate surface area is 299 Å². The lowest BCUT2D eigenvalue weighted by atomic mass is 10.1. The summed E-state index contributed by atoms with van der Waals surface area (Å²) in [6.45, 7) is 4.21. The number of ether oxygens (including phenoxy) is 3. The SMILES string of the molecule is CCCN1CC(=O)N[C@@H]2CN(C(=O)COCC)C[C@H]2OCc2cc(F)cc(c2)Oc2cc(C(=O)NCc3nc(-c4ccccc4)n[nH]3)cc(c2)C1=O. The molecule has 3 N–H and O–H groups in total. The standard InChI is InChI=1S/C37H40FN7O7/c1-3-10-44-20-33(46)40-30-18-45(34(47)22-50-4-2)19-31(30)51-21-23-11-27(38)16-28(12-23)52-29-14-25(13-26(15-29)37(44)49)36(48)39-17-32-41-35(43-42-32)24-8-6-5-7-9-24/h5-9,11-16,30-31H,3-4,10,17-22H2,1-2H3,(H,39,48)(H,40,46)(H,41,42,43)/t30-,31-/m1/s1. The van der Waals surface area contributed by atoms with Gasteiger partial charge < -0.3 is 34.6 Å². The topological polar surface area (TPSA) is 168 Å². The molecule has 0 aliphatic carbocycles. The summed E-state index contributed by atoms with van der Waals surface area (Å²) in [5, 5.41) is 12.8. The Morgan fingerprint density at radius 2 is 1.83 bits per heavy atom. The third-order valence-corrected chi connectivity index (χ3v) is 8.54. The highest BCUT2D eigenvalue weighted by Gasteiger charge is 2.37. The Balaban J connectivity index is 1.27. The van der Waals surface area contributed by atoms with Gasteiger partial charge in [0.25, 0.3) is 11.8 Å². The number of hydrogen-bond donors (Lipinski definition) is 3. The van der Waals surface area contributed by atoms with Gasteiger partial charge in [-0.25, -0.2) is 9.37 Å². The molecule has 272 valence electrons. The zero-order chi connectivity index (χ0) is 36.6. The Morgan fingerprint density at radius 1 is 1.02 bits per heavy atom. The van der Waals surface area contributed by atoms with Gasteiger partial charge in [0, 0.05) is 49.0 Å². The molecule has 3 heterocycles. The third-order valence-electron chi connectivity index (χ3n) is 8.54. The molecule has 2 aliphatic rings. The monoisotopic (exact) mass is 713 g/mol. The van der Waals surface area contributed by atoms with E-state index in [4.69, 9.17) is 14.2 Å². The molecular formula is C37H40FN7O7. The highest BCUT2D eigenvalue weighted by Crippen LogP contribution is 2.28. The summed E-state index contributed by atoms with van der Waals surface area (Å²) < 4.78 is 32.4. The fourth-order valence-corrected chi connectivity index (χ4v) is 6.07. The van der Waals surface area contributed by atoms with E-state index in [-0.39, 0.29) is 74.5 Å². The van der Waals surface area contributed by atoms with Crippen LogP contribution < -0.4 is 15.4 Å². The Morgan fingerprint density at radius 3 is 2.62 bits per heavy atom. The smallest absolute Gasteiger partial charge is 0.254 e. The molecular weight excluding hydrogens is 673 g/mol. The zero-order valence-electron chi connectivity index (χ0n) is 28.9. The lowest BCUT2D eigenvalue weighted by Crippen LogP contribution is -2.49. The maximum Gasteiger partial charge on any atom is 0.254 e. The van der Waals surface area contributed by atoms with E-state index in [0.29, 0.717) is 30.2 Å². The summed E-state index contributed by atoms with van der Waals surface area (Å²) >= 11 is 0. The van der Waals surface area contributed by atoms with E-state index in [1.165, 1.54) is 35.2 Å². The van der Waals surface area contributed by atoms with E-state index in [1.54, 1.807) is 17.9 Å². The van der Waals surface area contributed by atoms with E-state index < -0.39 is 35.7 Å². The van der Waals surface area contributed by atoms with Crippen LogP contribution in [-0.2, 0) is 32.2 Å². The molecule has 0 spiro atoms. The third kappa shape index (κ3) is 8.97. The predicted molar refractivity (Wildman–Crippen MR) is 186 cm³/mol. The van der Waals surface area contributed by atoms with Gasteiger partial charge >= 0.3 is 0 Å². The first-order valence-corrected chi connectivity index (χ1v) is 17.1. The van der Waals surface area contributed by atoms with Crippen molar-refractivity contribution in [1.82, 2.24) is 35.6 Å². The van der Waals surface area contributed by atoms with Crippen LogP contribution in [0.15, 0.2) is 66.7 Å². The van der Waals surface area contributed by atoms with Crippen LogP contribution >= 0.6 is 0 Å². The highest BCUT2D eigenvalue weighted by molar-refractivity contribution is 6.01. The number of halogens is 1. The first kappa shape index (κ1) is 36.1. The van der Waals surface area contributed by atoms with E-state index >= 15 is 0 Å². The second-order valence-corrected chi connectivity index (χ2v) is 12.5. The second kappa shape index (κ2) is 16.6. The van der Waals surface area contributed by atoms with Gasteiger partial charge in [0.1, 0.15) is 29.7 Å². The van der Waals surface area contributed by atoms with Crippen LogP contribution in [-0.4, -0.2) is 100 Å². The van der Waals surface area contributed by atoms with Crippen molar-refractivity contribution in [3.8, 4) is 22.9 Å². The number of likely N-dealkylation sites (tertiary alicyclic amines) is 1. The van der Waals surface area contributed by atoms with E-state index in [2.05, 4.69) is 25.8 Å². The molecule has 0 unspecified atom stereocenters. The molecule has 4 amide bonds. The summed E-state index contributed by atoms with van der Waals surface area (Å²) in [5.74, 6) is -1.23. The van der Waals surface area contributed by atoms with Crippen LogP contribution in [0.25, 0.3) is 11.4 Å². The van der Waals surface area contributed by atoms with E-state index in [0.717, 1.165) is 5.56 Å². The highest BCUT2D eigenvalue weighted by atomic mass is 19.1. The minimum atomic E-state index is -0.610. The predicted octanol–water partition coefficient (Wildman–Crippen LogP) is 3.45. The van der Waals surface area contributed by atoms with Crippen molar-refractivity contribution in [2.45, 2.75) is 45.6 Å². The quantitative estimate of drug-likeness (QED) is 0.235. The molecule has 2 atom stereocenters. The molecule has 6 rings (SSSR count). The van der Waals surface area contributed by atoms with Crippen LogP contribution in [0.2, 0.25) is 0 Å². The zero-order valence-corrected chi connectivity index (χ0v) is 28.9. The normalized spacial score (nSPS) is 17.7. The minimum absolute atomic E-state index is 0.0131. The van der Waals surface area contributed by atoms with Crippen molar-refractivity contribution in [1.29, 1.82) is 0 Å². The largest absolute Gasteiger partial charge is 0.457 e. The molecule has 2 aliphatic heterocycles. The fraction of sp³-hybridized carbons (Fsp3) is 0.351. The number of rotatable bonds is 9. The number of aromatic nitrogens is 3. The molecule has 0 saturated carbocycles. The Hall–Kier alpha value is -5.67. The van der Waals surface area contributed by atoms with Gasteiger partial charge in [-0.15, -0.1) is 0 Å². The van der Waals surface area contributed by atoms with Crippen LogP contribution in [0.4, 0.5) is 4.39 Å². The number of nitrogens with one attached hydrogen (secondary N) is 3. The number of H-pyrrole nitrogens is 1. The lowest BCUT2D eigenvalue weighted by Gasteiger charge is -2.25. The number of hydrogen-bond acceptors (Lipinski definition) is 9. The first-order valence-electron chi connectivity index (χ1n) is 17.1. The number of fused-ring (bicyclic) bond motifs is 5. The van der Waals surface area contributed by atoms with Crippen molar-refractivity contribution in [2.75, 3.05) is 39.4 Å². The van der Waals surface area contributed by atoms with Gasteiger partial charge in [0.15, 0.2) is 5.82 Å². The second-order valence-electron chi connectivity index (χ2n) is 12.5. The molecule has 3 aromatic carbocycles. The summed E-state index contributed by atoms with van der Waals surface area (Å²) in [6, 6.07) is 17.1. The molecule has 4 bridgehead atoms. The fourth-order valence-electron chi connectivity index (χ4n) is 6.07. The number of carbonyl (C=O) groups excluding carboxylic acids is 4. The van der Waals surface area contributed by atoms with Crippen LogP contribution in [0.3, 0.4) is 0 Å². The van der Waals surface area contributed by atoms with Gasteiger partial charge in [-0.1, -0.05) is 37.3 Å². The average molecular weight is 714 g/mol. The Kier molecular flexibility index (Phi) is 11.5. The average Bonchev–Trinajstić information content (AvgIpc) is 3.78. The molecule has 15 heteroatoms. The molecule has 52 heavy (non-hydrogen) atoms. The van der Waals surface area contributed by atoms with Crippen molar-refractivity contribution < 1.29 is 37.8 Å². The van der Waals surface area contributed by atoms with Crippen LogP contribution in [0.5, 0.6) is 11.5 Å². The van der Waals surface area contributed by atoms with E-state index in [1.807, 2.05) is 37.3 Å². The summed E-state index contributed by atoms with van der Waals surface area (Å²) in [7, 11) is 0. The minimum Gasteiger partial charge on any atom is -0.457 e. The summed E-state index contributed by atoms with van der Waals surface area (Å²) in [4.78, 5) is 61.1. The molecule has 1 aromatic heterocycles. The molecule has 14 nitrogen and oxygen atoms in total. The van der Waals surface area contributed by atoms with Crippen molar-refractivity contribution >= 4 is 23.6 Å². The van der Waals surface area contributed by atoms with Crippen molar-refractivity contribution in [3.63, 3.8) is 0 Å². The number of carbonyl (C=O) groups is 4. The maximum absolute atomic E-state index is 14.9. The van der Waals surface area contributed by atoms with Gasteiger partial charge in [0.2, 0.25) is 11.8 Å². The molecule has 1 saturated heterocycles. The number of aromatic amines is 1. The number of nitrogens with zero attached hydrogens (tertiary/aromatic N) is 4. The maximum atomic E-state index is 14.9. The van der Waals surface area contributed by atoms with Crippen LogP contribution in [0.1, 0.15) is 52.4 Å². The van der Waals surface area contributed by atoms with Gasteiger partial charge in [-0.2, -0.15) is 5.10 Å². The van der Waals surface area contributed by atoms with Gasteiger partial charge in [0.05, 0.1) is 31.8 Å². The molecule has 1 fully saturated rings. The van der Waals surface area contributed by atoms with E-state index in [9.17, 15) is 23.6 Å². The summed E-state index contributed by atoms with van der Waals surface area (Å²) in [5.41, 5.74) is 1.43. The van der Waals surface area contributed by atoms with Crippen molar-refractivity contribution in [3.05, 3.63) is 95.1 Å². The van der Waals surface area contributed by atoms with Gasteiger partial charge in [-0.3, -0.25) is 24.3 Å². The first-order chi connectivity index (χ1) is 25.2. The number of benzene rings is 3. The molecule has 4 aromatic rings. The van der Waals surface area contributed by atoms with Crippen LogP contribution in [0, 0.1) is 5.82 Å². The summed E-state index contributed by atoms with van der Waals surface area (Å²) in [6.07, 6.45) is -0.0628. The molecule has 0 radical (unpaired) electrons. The van der Waals surface area contributed by atoms with Crippen molar-refractivity contribution in [2.24, 2.45) is 0 Å². The lowest BCUT2D eigenvalue weighted by molar-refractivity contribution is -0.135. The number of amides is 4.